The van der Waals surface area contributed by atoms with Gasteiger partial charge in [-0.15, -0.1) is 11.3 Å². The van der Waals surface area contributed by atoms with Crippen LogP contribution in [-0.2, 0) is 6.42 Å². The van der Waals surface area contributed by atoms with E-state index in [4.69, 9.17) is 0 Å². The Hall–Kier alpha value is -1.23. The number of aromatic nitrogens is 1. The first-order chi connectivity index (χ1) is 8.79. The van der Waals surface area contributed by atoms with E-state index in [1.165, 1.54) is 5.56 Å². The number of benzene rings is 1. The number of hydrogen-bond donors (Lipinski definition) is 2. The highest BCUT2D eigenvalue weighted by molar-refractivity contribution is 7.07. The molecule has 0 aliphatic carbocycles. The SMILES string of the molecule is CC(NC(CO)Cc1ccccc1)c1cscn1. The molecule has 1 aromatic carbocycles. The molecule has 3 nitrogen and oxygen atoms in total. The molecule has 0 aliphatic heterocycles. The largest absolute Gasteiger partial charge is 0.395 e. The van der Waals surface area contributed by atoms with E-state index in [0.717, 1.165) is 12.1 Å². The summed E-state index contributed by atoms with van der Waals surface area (Å²) in [7, 11) is 0. The van der Waals surface area contributed by atoms with Crippen LogP contribution in [0.5, 0.6) is 0 Å². The summed E-state index contributed by atoms with van der Waals surface area (Å²) in [4.78, 5) is 4.28. The number of rotatable bonds is 6. The minimum absolute atomic E-state index is 0.0594. The number of thiazole rings is 1. The summed E-state index contributed by atoms with van der Waals surface area (Å²) in [6.07, 6.45) is 0.825. The predicted molar refractivity (Wildman–Crippen MR) is 74.7 cm³/mol. The molecule has 1 aromatic heterocycles. The fraction of sp³-hybridized carbons (Fsp3) is 0.357. The molecule has 0 saturated carbocycles. The van der Waals surface area contributed by atoms with Crippen molar-refractivity contribution in [2.75, 3.05) is 6.61 Å². The van der Waals surface area contributed by atoms with E-state index in [9.17, 15) is 5.11 Å². The maximum atomic E-state index is 9.45. The summed E-state index contributed by atoms with van der Waals surface area (Å²) < 4.78 is 0. The van der Waals surface area contributed by atoms with Crippen LogP contribution < -0.4 is 5.32 Å². The molecule has 4 heteroatoms. The van der Waals surface area contributed by atoms with Crippen molar-refractivity contribution in [1.29, 1.82) is 0 Å². The normalized spacial score (nSPS) is 14.3. The predicted octanol–water partition coefficient (Wildman–Crippen LogP) is 2.40. The Labute approximate surface area is 112 Å². The third-order valence-electron chi connectivity index (χ3n) is 2.93. The monoisotopic (exact) mass is 262 g/mol. The minimum atomic E-state index is 0.0594. The van der Waals surface area contributed by atoms with Gasteiger partial charge in [-0.05, 0) is 18.9 Å². The Morgan fingerprint density at radius 1 is 1.33 bits per heavy atom. The van der Waals surface area contributed by atoms with Crippen molar-refractivity contribution >= 4 is 11.3 Å². The molecule has 2 rings (SSSR count). The van der Waals surface area contributed by atoms with Crippen LogP contribution >= 0.6 is 11.3 Å². The molecule has 2 atom stereocenters. The van der Waals surface area contributed by atoms with Gasteiger partial charge in [-0.2, -0.15) is 0 Å². The van der Waals surface area contributed by atoms with Gasteiger partial charge in [-0.3, -0.25) is 0 Å². The van der Waals surface area contributed by atoms with Crippen molar-refractivity contribution in [3.05, 3.63) is 52.5 Å². The summed E-state index contributed by atoms with van der Waals surface area (Å²) in [5.74, 6) is 0. The third-order valence-corrected chi connectivity index (χ3v) is 3.53. The van der Waals surface area contributed by atoms with Gasteiger partial charge in [0, 0.05) is 17.5 Å². The van der Waals surface area contributed by atoms with Gasteiger partial charge in [0.25, 0.3) is 0 Å². The summed E-state index contributed by atoms with van der Waals surface area (Å²) in [6, 6.07) is 10.4. The highest BCUT2D eigenvalue weighted by atomic mass is 32.1. The zero-order valence-electron chi connectivity index (χ0n) is 10.4. The van der Waals surface area contributed by atoms with Crippen molar-refractivity contribution in [1.82, 2.24) is 10.3 Å². The van der Waals surface area contributed by atoms with Crippen LogP contribution in [0.2, 0.25) is 0 Å². The molecule has 18 heavy (non-hydrogen) atoms. The van der Waals surface area contributed by atoms with Gasteiger partial charge >= 0.3 is 0 Å². The Bertz CT molecular complexity index is 444. The Balaban J connectivity index is 1.93. The lowest BCUT2D eigenvalue weighted by molar-refractivity contribution is 0.232. The molecule has 2 aromatic rings. The lowest BCUT2D eigenvalue weighted by Gasteiger charge is -2.20. The molecule has 96 valence electrons. The summed E-state index contributed by atoms with van der Waals surface area (Å²) in [5.41, 5.74) is 4.10. The summed E-state index contributed by atoms with van der Waals surface area (Å²) >= 11 is 1.59. The molecule has 2 N–H and O–H groups in total. The van der Waals surface area contributed by atoms with Crippen molar-refractivity contribution in [2.24, 2.45) is 0 Å². The zero-order chi connectivity index (χ0) is 12.8. The van der Waals surface area contributed by atoms with Gasteiger partial charge in [-0.25, -0.2) is 4.98 Å². The van der Waals surface area contributed by atoms with E-state index in [1.54, 1.807) is 11.3 Å². The van der Waals surface area contributed by atoms with Gasteiger partial charge in [0.2, 0.25) is 0 Å². The third kappa shape index (κ3) is 3.63. The molecular weight excluding hydrogens is 244 g/mol. The molecule has 0 saturated heterocycles. The van der Waals surface area contributed by atoms with Crippen molar-refractivity contribution in [3.63, 3.8) is 0 Å². The van der Waals surface area contributed by atoms with Crippen LogP contribution in [0.3, 0.4) is 0 Å². The molecule has 0 radical (unpaired) electrons. The van der Waals surface area contributed by atoms with Crippen LogP contribution in [0.25, 0.3) is 0 Å². The van der Waals surface area contributed by atoms with Gasteiger partial charge < -0.3 is 10.4 Å². The van der Waals surface area contributed by atoms with Crippen molar-refractivity contribution in [2.45, 2.75) is 25.4 Å². The van der Waals surface area contributed by atoms with E-state index >= 15 is 0 Å². The average molecular weight is 262 g/mol. The number of nitrogens with zero attached hydrogens (tertiary/aromatic N) is 1. The lowest BCUT2D eigenvalue weighted by Crippen LogP contribution is -2.36. The Morgan fingerprint density at radius 2 is 2.11 bits per heavy atom. The van der Waals surface area contributed by atoms with Gasteiger partial charge in [0.05, 0.1) is 17.8 Å². The quantitative estimate of drug-likeness (QED) is 0.840. The maximum absolute atomic E-state index is 9.45. The van der Waals surface area contributed by atoms with E-state index < -0.39 is 0 Å². The van der Waals surface area contributed by atoms with Crippen LogP contribution in [0.4, 0.5) is 0 Å². The van der Waals surface area contributed by atoms with Crippen LogP contribution in [0, 0.1) is 0 Å². The fourth-order valence-electron chi connectivity index (χ4n) is 1.95. The standard InChI is InChI=1S/C14H18N2OS/c1-11(14-9-18-10-15-14)16-13(8-17)7-12-5-3-2-4-6-12/h2-6,9-11,13,16-17H,7-8H2,1H3. The second-order valence-electron chi connectivity index (χ2n) is 4.37. The van der Waals surface area contributed by atoms with E-state index in [2.05, 4.69) is 29.4 Å². The van der Waals surface area contributed by atoms with Gasteiger partial charge in [-0.1, -0.05) is 30.3 Å². The molecule has 0 amide bonds. The molecule has 0 fully saturated rings. The Kier molecular flexibility index (Phi) is 4.87. The smallest absolute Gasteiger partial charge is 0.0795 e. The van der Waals surface area contributed by atoms with Gasteiger partial charge in [0.15, 0.2) is 0 Å². The van der Waals surface area contributed by atoms with Crippen LogP contribution in [0.15, 0.2) is 41.2 Å². The van der Waals surface area contributed by atoms with Crippen LogP contribution in [-0.4, -0.2) is 22.7 Å². The Morgan fingerprint density at radius 3 is 2.72 bits per heavy atom. The van der Waals surface area contributed by atoms with Gasteiger partial charge in [0.1, 0.15) is 0 Å². The molecular formula is C14H18N2OS. The number of aliphatic hydroxyl groups excluding tert-OH is 1. The molecule has 0 aliphatic rings. The molecule has 2 unspecified atom stereocenters. The molecule has 0 bridgehead atoms. The second kappa shape index (κ2) is 6.64. The summed E-state index contributed by atoms with van der Waals surface area (Å²) in [5, 5.41) is 14.9. The van der Waals surface area contributed by atoms with E-state index in [0.29, 0.717) is 0 Å². The first-order valence-electron chi connectivity index (χ1n) is 6.08. The average Bonchev–Trinajstić information content (AvgIpc) is 2.93. The van der Waals surface area contributed by atoms with Crippen molar-refractivity contribution in [3.8, 4) is 0 Å². The molecule has 0 spiro atoms. The maximum Gasteiger partial charge on any atom is 0.0795 e. The molecule has 1 heterocycles. The lowest BCUT2D eigenvalue weighted by atomic mass is 10.1. The topological polar surface area (TPSA) is 45.1 Å². The highest BCUT2D eigenvalue weighted by Crippen LogP contribution is 2.14. The fourth-order valence-corrected chi connectivity index (χ4v) is 2.60. The number of hydrogen-bond acceptors (Lipinski definition) is 4. The second-order valence-corrected chi connectivity index (χ2v) is 5.09. The zero-order valence-corrected chi connectivity index (χ0v) is 11.2. The first kappa shape index (κ1) is 13.2. The van der Waals surface area contributed by atoms with Crippen LogP contribution in [0.1, 0.15) is 24.2 Å². The van der Waals surface area contributed by atoms with Crippen molar-refractivity contribution < 1.29 is 5.11 Å². The van der Waals surface area contributed by atoms with E-state index in [1.807, 2.05) is 29.1 Å². The number of aliphatic hydroxyl groups is 1. The first-order valence-corrected chi connectivity index (χ1v) is 7.03. The highest BCUT2D eigenvalue weighted by Gasteiger charge is 2.14. The number of nitrogens with one attached hydrogen (secondary N) is 1. The summed E-state index contributed by atoms with van der Waals surface area (Å²) in [6.45, 7) is 2.20. The minimum Gasteiger partial charge on any atom is -0.395 e. The van der Waals surface area contributed by atoms with E-state index in [-0.39, 0.29) is 18.7 Å².